The van der Waals surface area contributed by atoms with Gasteiger partial charge in [-0.2, -0.15) is 0 Å². The van der Waals surface area contributed by atoms with Crippen molar-refractivity contribution >= 4 is 40.5 Å². The van der Waals surface area contributed by atoms with Crippen LogP contribution < -0.4 is 25.4 Å². The van der Waals surface area contributed by atoms with E-state index in [9.17, 15) is 14.4 Å². The number of nitrogens with zero attached hydrogens (tertiary/aromatic N) is 3. The SMILES string of the molecule is CC/C=C/C(=C\C=C(/C)C(=O)N(C)Cc1ccc(OC)cc1)c1cccc(Nc2cc(NC(=O)C3CC3)nnc2C(=O)NC)c1OC. The topological polar surface area (TPSA) is 135 Å². The monoisotopic (exact) mass is 638 g/mol. The molecular weight excluding hydrogens is 596 g/mol. The number of methoxy groups -OCH3 is 2. The van der Waals surface area contributed by atoms with E-state index in [0.717, 1.165) is 41.7 Å². The highest BCUT2D eigenvalue weighted by molar-refractivity contribution is 6.00. The molecule has 11 nitrogen and oxygen atoms in total. The fraction of sp³-hybridized carbons (Fsp3) is 0.306. The Hall–Kier alpha value is -5.45. The number of hydrogen-bond donors (Lipinski definition) is 3. The number of allylic oxidation sites excluding steroid dienone is 5. The van der Waals surface area contributed by atoms with E-state index in [1.54, 1.807) is 45.2 Å². The molecule has 0 radical (unpaired) electrons. The van der Waals surface area contributed by atoms with Gasteiger partial charge in [0.05, 0.1) is 25.6 Å². The molecule has 1 aliphatic carbocycles. The Labute approximate surface area is 275 Å². The third-order valence-electron chi connectivity index (χ3n) is 7.54. The second kappa shape index (κ2) is 16.2. The van der Waals surface area contributed by atoms with Gasteiger partial charge in [-0.05, 0) is 55.5 Å². The Morgan fingerprint density at radius 2 is 1.74 bits per heavy atom. The van der Waals surface area contributed by atoms with E-state index in [0.29, 0.717) is 29.2 Å². The lowest BCUT2D eigenvalue weighted by Gasteiger charge is -2.18. The number of anilines is 3. The number of amides is 3. The largest absolute Gasteiger partial charge is 0.497 e. The minimum Gasteiger partial charge on any atom is -0.497 e. The number of benzene rings is 2. The number of ether oxygens (including phenoxy) is 2. The molecule has 246 valence electrons. The van der Waals surface area contributed by atoms with Crippen LogP contribution in [0.25, 0.3) is 5.57 Å². The minimum atomic E-state index is -0.441. The van der Waals surface area contributed by atoms with Crippen molar-refractivity contribution in [2.24, 2.45) is 5.92 Å². The van der Waals surface area contributed by atoms with Gasteiger partial charge in [0.2, 0.25) is 11.8 Å². The van der Waals surface area contributed by atoms with Gasteiger partial charge in [-0.25, -0.2) is 0 Å². The Bertz CT molecular complexity index is 1690. The van der Waals surface area contributed by atoms with Crippen LogP contribution in [-0.2, 0) is 16.1 Å². The summed E-state index contributed by atoms with van der Waals surface area (Å²) in [6.07, 6.45) is 10.2. The number of aromatic nitrogens is 2. The van der Waals surface area contributed by atoms with Crippen LogP contribution in [0.3, 0.4) is 0 Å². The maximum absolute atomic E-state index is 13.2. The zero-order valence-electron chi connectivity index (χ0n) is 27.7. The van der Waals surface area contributed by atoms with Gasteiger partial charge in [-0.15, -0.1) is 10.2 Å². The molecule has 4 rings (SSSR count). The van der Waals surface area contributed by atoms with Crippen molar-refractivity contribution in [2.75, 3.05) is 38.9 Å². The van der Waals surface area contributed by atoms with Crippen molar-refractivity contribution in [1.82, 2.24) is 20.4 Å². The molecule has 11 heteroatoms. The molecule has 0 spiro atoms. The lowest BCUT2D eigenvalue weighted by atomic mass is 10.0. The van der Waals surface area contributed by atoms with Crippen molar-refractivity contribution in [2.45, 2.75) is 39.7 Å². The van der Waals surface area contributed by atoms with Crippen LogP contribution in [0, 0.1) is 5.92 Å². The molecule has 47 heavy (non-hydrogen) atoms. The molecule has 3 aromatic rings. The molecule has 2 aromatic carbocycles. The summed E-state index contributed by atoms with van der Waals surface area (Å²) in [5.74, 6) is 0.824. The molecule has 0 atom stereocenters. The second-order valence-electron chi connectivity index (χ2n) is 11.1. The molecule has 0 saturated heterocycles. The first kappa shape index (κ1) is 34.4. The van der Waals surface area contributed by atoms with Crippen LogP contribution in [0.1, 0.15) is 54.7 Å². The summed E-state index contributed by atoms with van der Waals surface area (Å²) in [5.41, 5.74) is 4.10. The maximum Gasteiger partial charge on any atom is 0.273 e. The Balaban J connectivity index is 1.64. The quantitative estimate of drug-likeness (QED) is 0.147. The Morgan fingerprint density at radius 3 is 2.38 bits per heavy atom. The smallest absolute Gasteiger partial charge is 0.273 e. The molecular formula is C36H42N6O5. The predicted molar refractivity (Wildman–Crippen MR) is 184 cm³/mol. The number of nitrogens with one attached hydrogen (secondary N) is 3. The Kier molecular flexibility index (Phi) is 11.9. The van der Waals surface area contributed by atoms with Gasteiger partial charge < -0.3 is 30.3 Å². The first-order valence-electron chi connectivity index (χ1n) is 15.5. The van der Waals surface area contributed by atoms with Gasteiger partial charge in [-0.1, -0.05) is 55.5 Å². The third kappa shape index (κ3) is 9.06. The number of rotatable bonds is 14. The van der Waals surface area contributed by atoms with Gasteiger partial charge in [0.1, 0.15) is 11.5 Å². The van der Waals surface area contributed by atoms with Gasteiger partial charge in [-0.3, -0.25) is 14.4 Å². The van der Waals surface area contributed by atoms with Crippen LogP contribution in [-0.4, -0.2) is 61.1 Å². The minimum absolute atomic E-state index is 0.0214. The average Bonchev–Trinajstić information content (AvgIpc) is 3.94. The molecule has 0 aliphatic heterocycles. The summed E-state index contributed by atoms with van der Waals surface area (Å²) in [4.78, 5) is 40.0. The molecule has 0 unspecified atom stereocenters. The first-order valence-corrected chi connectivity index (χ1v) is 15.5. The van der Waals surface area contributed by atoms with E-state index in [2.05, 4.69) is 26.1 Å². The Morgan fingerprint density at radius 1 is 1.00 bits per heavy atom. The van der Waals surface area contributed by atoms with Crippen molar-refractivity contribution in [3.05, 3.63) is 95.2 Å². The fourth-order valence-corrected chi connectivity index (χ4v) is 4.78. The highest BCUT2D eigenvalue weighted by atomic mass is 16.5. The number of carbonyl (C=O) groups is 3. The van der Waals surface area contributed by atoms with E-state index in [1.165, 1.54) is 7.05 Å². The zero-order valence-corrected chi connectivity index (χ0v) is 27.7. The number of carbonyl (C=O) groups excluding carboxylic acids is 3. The third-order valence-corrected chi connectivity index (χ3v) is 7.54. The van der Waals surface area contributed by atoms with Crippen molar-refractivity contribution in [3.63, 3.8) is 0 Å². The van der Waals surface area contributed by atoms with E-state index in [1.807, 2.05) is 67.6 Å². The lowest BCUT2D eigenvalue weighted by Crippen LogP contribution is -2.26. The normalized spacial score (nSPS) is 13.2. The van der Waals surface area contributed by atoms with Crippen LogP contribution in [0.15, 0.2) is 78.4 Å². The summed E-state index contributed by atoms with van der Waals surface area (Å²) >= 11 is 0. The molecule has 3 N–H and O–H groups in total. The highest BCUT2D eigenvalue weighted by Crippen LogP contribution is 2.37. The summed E-state index contributed by atoms with van der Waals surface area (Å²) in [5, 5.41) is 16.8. The second-order valence-corrected chi connectivity index (χ2v) is 11.1. The molecule has 1 heterocycles. The van der Waals surface area contributed by atoms with Gasteiger partial charge in [0.25, 0.3) is 5.91 Å². The summed E-state index contributed by atoms with van der Waals surface area (Å²) in [7, 11) is 6.46. The molecule has 1 aliphatic rings. The summed E-state index contributed by atoms with van der Waals surface area (Å²) < 4.78 is 11.1. The van der Waals surface area contributed by atoms with Crippen molar-refractivity contribution in [3.8, 4) is 11.5 Å². The van der Waals surface area contributed by atoms with E-state index in [4.69, 9.17) is 9.47 Å². The van der Waals surface area contributed by atoms with Gasteiger partial charge >= 0.3 is 0 Å². The number of likely N-dealkylation sites (N-methyl/N-ethyl adjacent to an activating group) is 1. The van der Waals surface area contributed by atoms with Crippen molar-refractivity contribution < 1.29 is 23.9 Å². The zero-order chi connectivity index (χ0) is 33.9. The summed E-state index contributed by atoms with van der Waals surface area (Å²) in [6.45, 7) is 4.28. The van der Waals surface area contributed by atoms with Crippen LogP contribution >= 0.6 is 0 Å². The molecule has 3 amide bonds. The van der Waals surface area contributed by atoms with E-state index >= 15 is 0 Å². The van der Waals surface area contributed by atoms with E-state index in [-0.39, 0.29) is 29.2 Å². The maximum atomic E-state index is 13.2. The molecule has 1 saturated carbocycles. The van der Waals surface area contributed by atoms with E-state index < -0.39 is 5.91 Å². The average molecular weight is 639 g/mol. The van der Waals surface area contributed by atoms with Crippen LogP contribution in [0.5, 0.6) is 11.5 Å². The molecule has 1 fully saturated rings. The number of para-hydroxylation sites is 1. The van der Waals surface area contributed by atoms with Crippen LogP contribution in [0.4, 0.5) is 17.2 Å². The fourth-order valence-electron chi connectivity index (χ4n) is 4.78. The first-order chi connectivity index (χ1) is 22.7. The van der Waals surface area contributed by atoms with Crippen LogP contribution in [0.2, 0.25) is 0 Å². The van der Waals surface area contributed by atoms with Gasteiger partial charge in [0.15, 0.2) is 11.5 Å². The number of hydrogen-bond acceptors (Lipinski definition) is 8. The standard InChI is InChI=1S/C36H42N6O5/c1-7-8-10-25(16-13-23(2)36(45)42(4)22-24-14-19-27(46-5)20-15-24)28-11-9-12-29(33(28)47-6)38-30-21-31(39-34(43)26-17-18-26)40-41-32(30)35(44)37-3/h8-16,19-21,26H,7,17-18,22H2,1-6H3,(H,37,44)(H2,38,39,40,43)/b10-8+,23-13+,25-16+. The lowest BCUT2D eigenvalue weighted by molar-refractivity contribution is -0.126. The van der Waals surface area contributed by atoms with Crippen molar-refractivity contribution in [1.29, 1.82) is 0 Å². The molecule has 1 aromatic heterocycles. The predicted octanol–water partition coefficient (Wildman–Crippen LogP) is 5.90. The highest BCUT2D eigenvalue weighted by Gasteiger charge is 2.30. The van der Waals surface area contributed by atoms with Gasteiger partial charge in [0, 0.05) is 43.8 Å². The molecule has 0 bridgehead atoms. The summed E-state index contributed by atoms with van der Waals surface area (Å²) in [6, 6.07) is 14.8.